The standard InChI is InChI=1S/C12H13N2O4/c1-12(17-2)11-10(7-18-12)13(15)8-5-3-4-6-9(8)14(11)16/h3-6,15H,7H2,1-2H3/q+1/t12-/m0/s1. The molecule has 1 aromatic heterocycles. The lowest BCUT2D eigenvalue weighted by atomic mass is 10.2. The van der Waals surface area contributed by atoms with Gasteiger partial charge in [0.1, 0.15) is 6.61 Å². The SMILES string of the molecule is CO[C@@]1(C)OCc2c1[n+](=O)c1ccccc1n2O. The number of hydrogen-bond acceptors (Lipinski definition) is 4. The van der Waals surface area contributed by atoms with Gasteiger partial charge < -0.3 is 14.7 Å². The number of nitrogens with zero attached hydrogens (tertiary/aromatic N) is 2. The van der Waals surface area contributed by atoms with Crippen LogP contribution in [0.3, 0.4) is 0 Å². The van der Waals surface area contributed by atoms with Gasteiger partial charge in [-0.3, -0.25) is 0 Å². The molecule has 1 N–H and O–H groups in total. The van der Waals surface area contributed by atoms with Crippen molar-refractivity contribution >= 4 is 11.0 Å². The summed E-state index contributed by atoms with van der Waals surface area (Å²) in [6.07, 6.45) is 0. The normalized spacial score (nSPS) is 22.3. The van der Waals surface area contributed by atoms with E-state index >= 15 is 0 Å². The molecule has 0 spiro atoms. The number of rotatable bonds is 1. The van der Waals surface area contributed by atoms with Crippen LogP contribution >= 0.6 is 0 Å². The van der Waals surface area contributed by atoms with Crippen molar-refractivity contribution in [3.63, 3.8) is 0 Å². The molecule has 1 aromatic carbocycles. The summed E-state index contributed by atoms with van der Waals surface area (Å²) in [6.45, 7) is 1.78. The number of benzene rings is 1. The number of fused-ring (bicyclic) bond motifs is 2. The van der Waals surface area contributed by atoms with Crippen LogP contribution in [0.4, 0.5) is 0 Å². The average Bonchev–Trinajstić information content (AvgIpc) is 2.75. The Morgan fingerprint density at radius 1 is 1.50 bits per heavy atom. The molecule has 0 unspecified atom stereocenters. The van der Waals surface area contributed by atoms with Crippen LogP contribution in [0.15, 0.2) is 24.3 Å². The summed E-state index contributed by atoms with van der Waals surface area (Å²) in [5.74, 6) is -1.13. The van der Waals surface area contributed by atoms with E-state index < -0.39 is 5.79 Å². The lowest BCUT2D eigenvalue weighted by Crippen LogP contribution is -2.36. The number of methoxy groups -OCH3 is 1. The fraction of sp³-hybridized carbons (Fsp3) is 0.333. The summed E-state index contributed by atoms with van der Waals surface area (Å²) in [5, 5.41) is 10.2. The first-order chi connectivity index (χ1) is 8.58. The first-order valence-corrected chi connectivity index (χ1v) is 5.56. The van der Waals surface area contributed by atoms with Crippen molar-refractivity contribution in [2.45, 2.75) is 19.3 Å². The monoisotopic (exact) mass is 249 g/mol. The largest absolute Gasteiger partial charge is 0.428 e. The highest BCUT2D eigenvalue weighted by molar-refractivity contribution is 5.71. The molecule has 6 nitrogen and oxygen atoms in total. The van der Waals surface area contributed by atoms with E-state index in [9.17, 15) is 10.1 Å². The minimum Gasteiger partial charge on any atom is -0.428 e. The Balaban J connectivity index is 2.48. The van der Waals surface area contributed by atoms with E-state index in [1.54, 1.807) is 31.2 Å². The van der Waals surface area contributed by atoms with Gasteiger partial charge in [-0.15, -0.1) is 0 Å². The molecule has 1 aliphatic heterocycles. The van der Waals surface area contributed by atoms with Crippen LogP contribution < -0.4 is 4.43 Å². The number of ether oxygens (including phenoxy) is 2. The van der Waals surface area contributed by atoms with E-state index in [0.717, 1.165) is 9.16 Å². The second-order valence-corrected chi connectivity index (χ2v) is 4.33. The Morgan fingerprint density at radius 3 is 2.94 bits per heavy atom. The van der Waals surface area contributed by atoms with Crippen molar-refractivity contribution < 1.29 is 19.1 Å². The molecule has 18 heavy (non-hydrogen) atoms. The molecule has 1 aliphatic rings. The van der Waals surface area contributed by atoms with Crippen molar-refractivity contribution in [1.82, 2.24) is 4.73 Å². The summed E-state index contributed by atoms with van der Waals surface area (Å²) >= 11 is 0. The number of aromatic nitrogens is 2. The maximum Gasteiger partial charge on any atom is 0.324 e. The van der Waals surface area contributed by atoms with E-state index in [1.165, 1.54) is 7.11 Å². The van der Waals surface area contributed by atoms with Gasteiger partial charge in [-0.05, 0) is 6.07 Å². The van der Waals surface area contributed by atoms with Crippen molar-refractivity contribution in [2.75, 3.05) is 7.11 Å². The predicted molar refractivity (Wildman–Crippen MR) is 61.6 cm³/mol. The van der Waals surface area contributed by atoms with Crippen LogP contribution in [-0.4, -0.2) is 17.0 Å². The Labute approximate surface area is 103 Å². The third kappa shape index (κ3) is 1.24. The fourth-order valence-corrected chi connectivity index (χ4v) is 2.30. The van der Waals surface area contributed by atoms with Gasteiger partial charge in [0.15, 0.2) is 11.2 Å². The fourth-order valence-electron chi connectivity index (χ4n) is 2.30. The second-order valence-electron chi connectivity index (χ2n) is 4.33. The van der Waals surface area contributed by atoms with Gasteiger partial charge >= 0.3 is 5.69 Å². The molecule has 1 atom stereocenters. The second kappa shape index (κ2) is 3.54. The zero-order valence-electron chi connectivity index (χ0n) is 10.1. The van der Waals surface area contributed by atoms with E-state index in [1.807, 2.05) is 0 Å². The molecule has 0 radical (unpaired) electrons. The highest BCUT2D eigenvalue weighted by Crippen LogP contribution is 2.34. The predicted octanol–water partition coefficient (Wildman–Crippen LogP) is 1.14. The molecule has 94 valence electrons. The molecular weight excluding hydrogens is 236 g/mol. The third-order valence-corrected chi connectivity index (χ3v) is 3.36. The van der Waals surface area contributed by atoms with E-state index in [0.29, 0.717) is 16.7 Å². The van der Waals surface area contributed by atoms with E-state index in [2.05, 4.69) is 0 Å². The topological polar surface area (TPSA) is 66.6 Å². The smallest absolute Gasteiger partial charge is 0.324 e. The lowest BCUT2D eigenvalue weighted by Gasteiger charge is -2.16. The van der Waals surface area contributed by atoms with Crippen LogP contribution in [0.5, 0.6) is 0 Å². The van der Waals surface area contributed by atoms with Gasteiger partial charge in [0.2, 0.25) is 0 Å². The Hall–Kier alpha value is -1.92. The van der Waals surface area contributed by atoms with Gasteiger partial charge in [-0.1, -0.05) is 12.1 Å². The van der Waals surface area contributed by atoms with Crippen LogP contribution in [-0.2, 0) is 21.9 Å². The molecule has 0 aliphatic carbocycles. The van der Waals surface area contributed by atoms with Crippen LogP contribution in [0, 0.1) is 4.91 Å². The first kappa shape index (κ1) is 11.2. The Bertz CT molecular complexity index is 694. The summed E-state index contributed by atoms with van der Waals surface area (Å²) in [7, 11) is 1.46. The van der Waals surface area contributed by atoms with Gasteiger partial charge in [0.25, 0.3) is 11.3 Å². The molecule has 2 heterocycles. The maximum atomic E-state index is 12.4. The number of hydrogen-bond donors (Lipinski definition) is 1. The third-order valence-electron chi connectivity index (χ3n) is 3.36. The van der Waals surface area contributed by atoms with Crippen molar-refractivity contribution in [1.29, 1.82) is 0 Å². The van der Waals surface area contributed by atoms with Crippen LogP contribution in [0.1, 0.15) is 18.3 Å². The highest BCUT2D eigenvalue weighted by Gasteiger charge is 2.48. The van der Waals surface area contributed by atoms with E-state index in [-0.39, 0.29) is 12.3 Å². The van der Waals surface area contributed by atoms with Crippen LogP contribution in [0.25, 0.3) is 11.0 Å². The zero-order valence-corrected chi connectivity index (χ0v) is 10.1. The summed E-state index contributed by atoms with van der Waals surface area (Å²) in [5.41, 5.74) is 1.50. The lowest BCUT2D eigenvalue weighted by molar-refractivity contribution is -0.498. The first-order valence-electron chi connectivity index (χ1n) is 5.56. The van der Waals surface area contributed by atoms with Gasteiger partial charge in [0.05, 0.1) is 4.43 Å². The minimum atomic E-state index is -1.13. The molecule has 3 rings (SSSR count). The minimum absolute atomic E-state index is 0.128. The molecular formula is C12H13N2O4+. The van der Waals surface area contributed by atoms with Crippen LogP contribution in [0.2, 0.25) is 0 Å². The van der Waals surface area contributed by atoms with Crippen molar-refractivity contribution in [2.24, 2.45) is 0 Å². The summed E-state index contributed by atoms with van der Waals surface area (Å²) in [6, 6.07) is 6.81. The molecule has 0 saturated heterocycles. The van der Waals surface area contributed by atoms with Crippen molar-refractivity contribution in [3.8, 4) is 0 Å². The van der Waals surface area contributed by atoms with Gasteiger partial charge in [-0.2, -0.15) is 4.73 Å². The van der Waals surface area contributed by atoms with E-state index in [4.69, 9.17) is 9.47 Å². The zero-order chi connectivity index (χ0) is 12.9. The Kier molecular flexibility index (Phi) is 2.20. The number of para-hydroxylation sites is 2. The molecule has 0 amide bonds. The average molecular weight is 249 g/mol. The quantitative estimate of drug-likeness (QED) is 0.608. The highest BCUT2D eigenvalue weighted by atomic mass is 16.7. The Morgan fingerprint density at radius 2 is 2.22 bits per heavy atom. The molecule has 2 aromatic rings. The van der Waals surface area contributed by atoms with Gasteiger partial charge in [-0.25, -0.2) is 0 Å². The maximum absolute atomic E-state index is 12.4. The summed E-state index contributed by atoms with van der Waals surface area (Å²) in [4.78, 5) is 12.4. The molecule has 0 saturated carbocycles. The molecule has 0 fully saturated rings. The van der Waals surface area contributed by atoms with Crippen molar-refractivity contribution in [3.05, 3.63) is 40.6 Å². The molecule has 6 heteroatoms. The molecule has 0 bridgehead atoms. The van der Waals surface area contributed by atoms with Gasteiger partial charge in [0, 0.05) is 25.0 Å². The summed E-state index contributed by atoms with van der Waals surface area (Å²) < 4.78 is 12.5.